The van der Waals surface area contributed by atoms with E-state index in [0.29, 0.717) is 6.54 Å². The topological polar surface area (TPSA) is 57.7 Å². The van der Waals surface area contributed by atoms with Gasteiger partial charge in [0.25, 0.3) is 0 Å². The number of thiophene rings is 1. The third-order valence-corrected chi connectivity index (χ3v) is 7.88. The lowest BCUT2D eigenvalue weighted by Gasteiger charge is -2.26. The van der Waals surface area contributed by atoms with Gasteiger partial charge >= 0.3 is 0 Å². The molecule has 1 heterocycles. The zero-order valence-corrected chi connectivity index (χ0v) is 20.4. The number of carbonyl (C=O) groups excluding carboxylic acids is 1. The number of amides is 1. The van der Waals surface area contributed by atoms with E-state index in [1.165, 1.54) is 41.7 Å². The van der Waals surface area contributed by atoms with Crippen LogP contribution in [0.3, 0.4) is 0 Å². The predicted molar refractivity (Wildman–Crippen MR) is 128 cm³/mol. The zero-order valence-electron chi connectivity index (χ0n) is 17.2. The smallest absolute Gasteiger partial charge is 0.243 e. The number of sulfonamides is 1. The Morgan fingerprint density at radius 1 is 1.06 bits per heavy atom. The lowest BCUT2D eigenvalue weighted by atomic mass is 10.2. The summed E-state index contributed by atoms with van der Waals surface area (Å²) in [6.45, 7) is 3.86. The first kappa shape index (κ1) is 24.3. The van der Waals surface area contributed by atoms with Crippen molar-refractivity contribution in [2.45, 2.75) is 18.0 Å². The van der Waals surface area contributed by atoms with E-state index in [1.54, 1.807) is 29.2 Å². The fourth-order valence-corrected chi connectivity index (χ4v) is 5.38. The Morgan fingerprint density at radius 3 is 2.34 bits per heavy atom. The molecule has 9 heteroatoms. The van der Waals surface area contributed by atoms with Crippen molar-refractivity contribution in [2.24, 2.45) is 0 Å². The number of carbonyl (C=O) groups is 1. The SMILES string of the molecule is C=CCN(CC(=O)N(Cc1ccc(F)cc1)Cc1cccs1)S(=O)(=O)c1ccc(Br)cc1. The van der Waals surface area contributed by atoms with Crippen molar-refractivity contribution in [3.05, 3.63) is 99.4 Å². The number of hydrogen-bond donors (Lipinski definition) is 0. The van der Waals surface area contributed by atoms with E-state index in [-0.39, 0.29) is 36.3 Å². The first-order chi connectivity index (χ1) is 15.3. The Balaban J connectivity index is 1.84. The van der Waals surface area contributed by atoms with E-state index in [9.17, 15) is 17.6 Å². The molecule has 0 N–H and O–H groups in total. The maximum absolute atomic E-state index is 13.3. The van der Waals surface area contributed by atoms with Crippen LogP contribution in [0.15, 0.2) is 88.1 Å². The average Bonchev–Trinajstić information content (AvgIpc) is 3.28. The van der Waals surface area contributed by atoms with Crippen LogP contribution in [0.2, 0.25) is 0 Å². The van der Waals surface area contributed by atoms with Crippen molar-refractivity contribution in [1.29, 1.82) is 0 Å². The molecule has 0 saturated carbocycles. The number of halogens is 2. The fourth-order valence-electron chi connectivity index (χ4n) is 3.03. The van der Waals surface area contributed by atoms with Crippen LogP contribution in [0, 0.1) is 5.82 Å². The van der Waals surface area contributed by atoms with Gasteiger partial charge in [-0.3, -0.25) is 4.79 Å². The maximum Gasteiger partial charge on any atom is 0.243 e. The molecule has 0 aliphatic rings. The van der Waals surface area contributed by atoms with Crippen molar-refractivity contribution in [3.63, 3.8) is 0 Å². The average molecular weight is 537 g/mol. The molecule has 0 fully saturated rings. The number of rotatable bonds is 10. The Kier molecular flexibility index (Phi) is 8.36. The first-order valence-electron chi connectivity index (χ1n) is 9.71. The molecule has 0 spiro atoms. The summed E-state index contributed by atoms with van der Waals surface area (Å²) in [6, 6.07) is 16.0. The molecule has 0 aliphatic carbocycles. The van der Waals surface area contributed by atoms with Crippen LogP contribution in [0.4, 0.5) is 4.39 Å². The summed E-state index contributed by atoms with van der Waals surface area (Å²) < 4.78 is 41.5. The molecular weight excluding hydrogens is 515 g/mol. The summed E-state index contributed by atoms with van der Waals surface area (Å²) in [4.78, 5) is 15.9. The van der Waals surface area contributed by atoms with Crippen LogP contribution in [0.5, 0.6) is 0 Å². The van der Waals surface area contributed by atoms with E-state index in [0.717, 1.165) is 19.2 Å². The van der Waals surface area contributed by atoms with Gasteiger partial charge in [-0.25, -0.2) is 12.8 Å². The molecule has 0 radical (unpaired) electrons. The highest BCUT2D eigenvalue weighted by molar-refractivity contribution is 9.10. The van der Waals surface area contributed by atoms with E-state index < -0.39 is 10.0 Å². The molecule has 0 saturated heterocycles. The normalized spacial score (nSPS) is 11.5. The Hall–Kier alpha value is -2.33. The summed E-state index contributed by atoms with van der Waals surface area (Å²) in [5.74, 6) is -0.715. The van der Waals surface area contributed by atoms with Crippen molar-refractivity contribution < 1.29 is 17.6 Å². The highest BCUT2D eigenvalue weighted by Gasteiger charge is 2.28. The summed E-state index contributed by atoms with van der Waals surface area (Å²) in [5, 5.41) is 1.91. The molecular formula is C23H22BrFN2O3S2. The van der Waals surface area contributed by atoms with Gasteiger partial charge in [0.2, 0.25) is 15.9 Å². The number of benzene rings is 2. The van der Waals surface area contributed by atoms with Gasteiger partial charge in [-0.1, -0.05) is 40.2 Å². The monoisotopic (exact) mass is 536 g/mol. The molecule has 0 aliphatic heterocycles. The van der Waals surface area contributed by atoms with Crippen LogP contribution >= 0.6 is 27.3 Å². The van der Waals surface area contributed by atoms with Crippen LogP contribution in [0.1, 0.15) is 10.4 Å². The second-order valence-electron chi connectivity index (χ2n) is 7.00. The lowest BCUT2D eigenvalue weighted by molar-refractivity contribution is -0.132. The molecule has 32 heavy (non-hydrogen) atoms. The Bertz CT molecular complexity index is 1150. The fraction of sp³-hybridized carbons (Fsp3) is 0.174. The number of hydrogen-bond acceptors (Lipinski definition) is 4. The van der Waals surface area contributed by atoms with Crippen molar-refractivity contribution in [2.75, 3.05) is 13.1 Å². The summed E-state index contributed by atoms with van der Waals surface area (Å²) >= 11 is 4.80. The van der Waals surface area contributed by atoms with Crippen LogP contribution in [-0.2, 0) is 27.9 Å². The number of nitrogens with zero attached hydrogens (tertiary/aromatic N) is 2. The van der Waals surface area contributed by atoms with E-state index in [2.05, 4.69) is 22.5 Å². The van der Waals surface area contributed by atoms with Crippen molar-refractivity contribution >= 4 is 43.2 Å². The van der Waals surface area contributed by atoms with Gasteiger partial charge < -0.3 is 4.90 Å². The second kappa shape index (κ2) is 11.0. The molecule has 0 bridgehead atoms. The van der Waals surface area contributed by atoms with Crippen molar-refractivity contribution in [3.8, 4) is 0 Å². The lowest BCUT2D eigenvalue weighted by Crippen LogP contribution is -2.42. The second-order valence-corrected chi connectivity index (χ2v) is 10.9. The molecule has 0 unspecified atom stereocenters. The summed E-state index contributed by atoms with van der Waals surface area (Å²) in [7, 11) is -3.90. The Morgan fingerprint density at radius 2 is 1.75 bits per heavy atom. The van der Waals surface area contributed by atoms with E-state index >= 15 is 0 Å². The molecule has 3 rings (SSSR count). The molecule has 3 aromatic rings. The molecule has 168 valence electrons. The quantitative estimate of drug-likeness (QED) is 0.340. The Labute approximate surface area is 200 Å². The zero-order chi connectivity index (χ0) is 23.1. The van der Waals surface area contributed by atoms with Crippen LogP contribution < -0.4 is 0 Å². The highest BCUT2D eigenvalue weighted by Crippen LogP contribution is 2.20. The minimum atomic E-state index is -3.90. The molecule has 2 aromatic carbocycles. The van der Waals surface area contributed by atoms with Crippen molar-refractivity contribution in [1.82, 2.24) is 9.21 Å². The van der Waals surface area contributed by atoms with Gasteiger partial charge in [0.15, 0.2) is 0 Å². The van der Waals surface area contributed by atoms with Crippen LogP contribution in [-0.4, -0.2) is 36.6 Å². The standard InChI is InChI=1S/C23H22BrFN2O3S2/c1-2-13-27(32(29,30)22-11-7-19(24)8-12-22)17-23(28)26(16-21-4-3-14-31-21)15-18-5-9-20(25)10-6-18/h2-12,14H,1,13,15-17H2. The third-order valence-electron chi connectivity index (χ3n) is 4.66. The molecule has 1 amide bonds. The minimum Gasteiger partial charge on any atom is -0.332 e. The third kappa shape index (κ3) is 6.35. The summed E-state index contributed by atoms with van der Waals surface area (Å²) in [6.07, 6.45) is 1.45. The summed E-state index contributed by atoms with van der Waals surface area (Å²) in [5.41, 5.74) is 0.752. The van der Waals surface area contributed by atoms with Crippen LogP contribution in [0.25, 0.3) is 0 Å². The predicted octanol–water partition coefficient (Wildman–Crippen LogP) is 5.06. The first-order valence-corrected chi connectivity index (χ1v) is 12.8. The largest absolute Gasteiger partial charge is 0.332 e. The van der Waals surface area contributed by atoms with Gasteiger partial charge in [0.1, 0.15) is 5.82 Å². The molecule has 0 atom stereocenters. The molecule has 5 nitrogen and oxygen atoms in total. The van der Waals surface area contributed by atoms with Gasteiger partial charge in [-0.05, 0) is 53.4 Å². The van der Waals surface area contributed by atoms with Gasteiger partial charge in [0, 0.05) is 22.4 Å². The molecule has 1 aromatic heterocycles. The van der Waals surface area contributed by atoms with Gasteiger partial charge in [-0.15, -0.1) is 17.9 Å². The maximum atomic E-state index is 13.3. The van der Waals surface area contributed by atoms with E-state index in [4.69, 9.17) is 0 Å². The minimum absolute atomic E-state index is 0.00642. The van der Waals surface area contributed by atoms with Gasteiger partial charge in [-0.2, -0.15) is 4.31 Å². The van der Waals surface area contributed by atoms with Gasteiger partial charge in [0.05, 0.1) is 18.0 Å². The highest BCUT2D eigenvalue weighted by atomic mass is 79.9. The van der Waals surface area contributed by atoms with E-state index in [1.807, 2.05) is 17.5 Å².